The van der Waals surface area contributed by atoms with Crippen LogP contribution in [0, 0.1) is 23.7 Å². The molecule has 2 saturated carbocycles. The molecule has 6 heteroatoms. The Morgan fingerprint density at radius 3 is 1.32 bits per heavy atom. The first-order valence-electron chi connectivity index (χ1n) is 8.08. The molecule has 6 nitrogen and oxygen atoms in total. The third-order valence-corrected chi connectivity index (χ3v) is 5.31. The van der Waals surface area contributed by atoms with Crippen LogP contribution in [0.15, 0.2) is 0 Å². The number of ketones is 2. The van der Waals surface area contributed by atoms with E-state index >= 15 is 0 Å². The van der Waals surface area contributed by atoms with Crippen LogP contribution in [0.5, 0.6) is 0 Å². The van der Waals surface area contributed by atoms with Crippen molar-refractivity contribution in [1.82, 2.24) is 10.6 Å². The van der Waals surface area contributed by atoms with Gasteiger partial charge in [0.1, 0.15) is 11.6 Å². The van der Waals surface area contributed by atoms with E-state index in [0.717, 1.165) is 13.1 Å². The molecule has 2 aliphatic heterocycles. The molecule has 0 spiro atoms. The van der Waals surface area contributed by atoms with Crippen LogP contribution in [0.3, 0.4) is 0 Å². The lowest BCUT2D eigenvalue weighted by Gasteiger charge is -2.24. The molecule has 0 bridgehead atoms. The molecular weight excluding hydrogens is 284 g/mol. The number of nitrogens with one attached hydrogen (secondary N) is 2. The van der Waals surface area contributed by atoms with Gasteiger partial charge in [-0.25, -0.2) is 0 Å². The van der Waals surface area contributed by atoms with E-state index < -0.39 is 0 Å². The maximum atomic E-state index is 11.0. The molecule has 2 aliphatic carbocycles. The third-order valence-electron chi connectivity index (χ3n) is 5.31. The Morgan fingerprint density at radius 2 is 0.909 bits per heavy atom. The van der Waals surface area contributed by atoms with Gasteiger partial charge in [-0.1, -0.05) is 0 Å². The van der Waals surface area contributed by atoms with Crippen molar-refractivity contribution >= 4 is 23.4 Å². The van der Waals surface area contributed by atoms with E-state index in [-0.39, 0.29) is 11.8 Å². The predicted octanol–water partition coefficient (Wildman–Crippen LogP) is 0.203. The summed E-state index contributed by atoms with van der Waals surface area (Å²) >= 11 is 0. The Morgan fingerprint density at radius 1 is 0.545 bits per heavy atom. The van der Waals surface area contributed by atoms with Gasteiger partial charge in [0, 0.05) is 51.6 Å². The highest BCUT2D eigenvalue weighted by molar-refractivity contribution is 5.85. The lowest BCUT2D eigenvalue weighted by atomic mass is 9.89. The molecule has 2 amide bonds. The Labute approximate surface area is 129 Å². The Balaban J connectivity index is 0.000000131. The molecule has 2 saturated heterocycles. The van der Waals surface area contributed by atoms with Gasteiger partial charge in [0.2, 0.25) is 11.8 Å². The fraction of sp³-hybridized carbons (Fsp3) is 0.750. The number of hydrogen-bond acceptors (Lipinski definition) is 4. The second-order valence-corrected chi connectivity index (χ2v) is 6.95. The van der Waals surface area contributed by atoms with Crippen LogP contribution < -0.4 is 10.6 Å². The van der Waals surface area contributed by atoms with Crippen molar-refractivity contribution in [3.8, 4) is 0 Å². The molecule has 4 fully saturated rings. The highest BCUT2D eigenvalue weighted by Gasteiger charge is 2.37. The van der Waals surface area contributed by atoms with Crippen molar-refractivity contribution < 1.29 is 19.2 Å². The average Bonchev–Trinajstić information content (AvgIpc) is 2.99. The summed E-state index contributed by atoms with van der Waals surface area (Å²) in [6, 6.07) is 0. The standard InChI is InChI=1S/2C8H11NO2/c2*10-7-1-5-3-8(11)9-4-6(5)2-7/h2*5-6H,1-4H2,(H,9,11)/t2*5-,6+/m10/s1. The minimum atomic E-state index is 0.112. The van der Waals surface area contributed by atoms with Crippen molar-refractivity contribution in [2.24, 2.45) is 23.7 Å². The van der Waals surface area contributed by atoms with Crippen molar-refractivity contribution in [3.05, 3.63) is 0 Å². The second kappa shape index (κ2) is 6.18. The molecule has 4 aliphatic rings. The van der Waals surface area contributed by atoms with Gasteiger partial charge < -0.3 is 10.6 Å². The lowest BCUT2D eigenvalue weighted by molar-refractivity contribution is -0.125. The number of Topliss-reactive ketones (excluding diaryl/α,β-unsaturated/α-hetero) is 2. The molecule has 120 valence electrons. The summed E-state index contributed by atoms with van der Waals surface area (Å²) in [7, 11) is 0. The largest absolute Gasteiger partial charge is 0.356 e. The van der Waals surface area contributed by atoms with E-state index in [1.54, 1.807) is 0 Å². The van der Waals surface area contributed by atoms with E-state index in [2.05, 4.69) is 10.6 Å². The zero-order valence-electron chi connectivity index (χ0n) is 12.6. The van der Waals surface area contributed by atoms with E-state index in [4.69, 9.17) is 0 Å². The fourth-order valence-electron chi connectivity index (χ4n) is 4.07. The number of rotatable bonds is 0. The van der Waals surface area contributed by atoms with Crippen LogP contribution in [0.4, 0.5) is 0 Å². The summed E-state index contributed by atoms with van der Waals surface area (Å²) in [5.74, 6) is 2.49. The number of carbonyl (C=O) groups excluding carboxylic acids is 4. The van der Waals surface area contributed by atoms with Crippen molar-refractivity contribution in [2.75, 3.05) is 13.1 Å². The highest BCUT2D eigenvalue weighted by Crippen LogP contribution is 2.34. The van der Waals surface area contributed by atoms with E-state index in [1.807, 2.05) is 0 Å². The van der Waals surface area contributed by atoms with Gasteiger partial charge in [-0.2, -0.15) is 0 Å². The van der Waals surface area contributed by atoms with E-state index in [9.17, 15) is 19.2 Å². The number of piperidine rings is 2. The summed E-state index contributed by atoms with van der Waals surface area (Å²) in [4.78, 5) is 43.7. The monoisotopic (exact) mass is 306 g/mol. The molecule has 2 N–H and O–H groups in total. The van der Waals surface area contributed by atoms with Gasteiger partial charge in [0.15, 0.2) is 0 Å². The third kappa shape index (κ3) is 3.36. The quantitative estimate of drug-likeness (QED) is 0.669. The normalized spacial score (nSPS) is 36.7. The molecule has 0 aromatic heterocycles. The topological polar surface area (TPSA) is 92.3 Å². The predicted molar refractivity (Wildman–Crippen MR) is 77.7 cm³/mol. The lowest BCUT2D eigenvalue weighted by Crippen LogP contribution is -2.38. The maximum absolute atomic E-state index is 11.0. The molecule has 0 unspecified atom stereocenters. The van der Waals surface area contributed by atoms with E-state index in [0.29, 0.717) is 73.8 Å². The number of fused-ring (bicyclic) bond motifs is 2. The van der Waals surface area contributed by atoms with Gasteiger partial charge in [0.25, 0.3) is 0 Å². The molecule has 4 atom stereocenters. The summed E-state index contributed by atoms with van der Waals surface area (Å²) in [5, 5.41) is 5.57. The zero-order valence-corrected chi connectivity index (χ0v) is 12.6. The summed E-state index contributed by atoms with van der Waals surface area (Å²) in [6.45, 7) is 1.43. The van der Waals surface area contributed by atoms with Crippen LogP contribution in [-0.4, -0.2) is 36.5 Å². The highest BCUT2D eigenvalue weighted by atomic mass is 16.2. The van der Waals surface area contributed by atoms with Crippen LogP contribution >= 0.6 is 0 Å². The molecule has 4 rings (SSSR count). The molecule has 22 heavy (non-hydrogen) atoms. The summed E-state index contributed by atoms with van der Waals surface area (Å²) in [6.07, 6.45) is 3.78. The fourth-order valence-corrected chi connectivity index (χ4v) is 4.07. The summed E-state index contributed by atoms with van der Waals surface area (Å²) in [5.41, 5.74) is 0. The van der Waals surface area contributed by atoms with Gasteiger partial charge in [-0.3, -0.25) is 19.2 Å². The number of amides is 2. The van der Waals surface area contributed by atoms with Crippen molar-refractivity contribution in [2.45, 2.75) is 38.5 Å². The van der Waals surface area contributed by atoms with Crippen molar-refractivity contribution in [1.29, 1.82) is 0 Å². The molecule has 2 heterocycles. The first-order valence-corrected chi connectivity index (χ1v) is 8.08. The Kier molecular flexibility index (Phi) is 4.27. The Hall–Kier alpha value is -1.72. The number of hydrogen-bond donors (Lipinski definition) is 2. The first kappa shape index (κ1) is 15.2. The van der Waals surface area contributed by atoms with Gasteiger partial charge in [-0.05, 0) is 23.7 Å². The van der Waals surface area contributed by atoms with Gasteiger partial charge in [0.05, 0.1) is 0 Å². The van der Waals surface area contributed by atoms with Gasteiger partial charge in [-0.15, -0.1) is 0 Å². The maximum Gasteiger partial charge on any atom is 0.220 e. The molecule has 0 aromatic carbocycles. The van der Waals surface area contributed by atoms with Crippen LogP contribution in [0.1, 0.15) is 38.5 Å². The second-order valence-electron chi connectivity index (χ2n) is 6.95. The van der Waals surface area contributed by atoms with Crippen LogP contribution in [0.25, 0.3) is 0 Å². The smallest absolute Gasteiger partial charge is 0.220 e. The van der Waals surface area contributed by atoms with Crippen molar-refractivity contribution in [3.63, 3.8) is 0 Å². The first-order chi connectivity index (χ1) is 10.5. The Bertz CT molecular complexity index is 466. The minimum absolute atomic E-state index is 0.112. The van der Waals surface area contributed by atoms with E-state index in [1.165, 1.54) is 0 Å². The SMILES string of the molecule is O=C1C[C@@H]2CNC(=O)C[C@@H]2C1.O=C1C[C@H]2CNC(=O)C[C@H]2C1. The van der Waals surface area contributed by atoms with Gasteiger partial charge >= 0.3 is 0 Å². The summed E-state index contributed by atoms with van der Waals surface area (Å²) < 4.78 is 0. The molecular formula is C16H22N2O4. The molecule has 0 radical (unpaired) electrons. The average molecular weight is 306 g/mol. The van der Waals surface area contributed by atoms with Crippen LogP contribution in [0.2, 0.25) is 0 Å². The molecule has 0 aromatic rings. The number of carbonyl (C=O) groups is 4. The van der Waals surface area contributed by atoms with Crippen LogP contribution in [-0.2, 0) is 19.2 Å². The zero-order chi connectivity index (χ0) is 15.7. The minimum Gasteiger partial charge on any atom is -0.356 e.